The Morgan fingerprint density at radius 2 is 2.00 bits per heavy atom. The van der Waals surface area contributed by atoms with Crippen LogP contribution < -0.4 is 5.32 Å². The van der Waals surface area contributed by atoms with Crippen LogP contribution in [0.3, 0.4) is 0 Å². The first-order valence-electron chi connectivity index (χ1n) is 12.6. The number of ether oxygens (including phenoxy) is 3. The number of para-hydroxylation sites is 1. The van der Waals surface area contributed by atoms with Gasteiger partial charge >= 0.3 is 0 Å². The van der Waals surface area contributed by atoms with Crippen molar-refractivity contribution in [1.29, 1.82) is 0 Å². The lowest BCUT2D eigenvalue weighted by molar-refractivity contribution is -0.151. The second-order valence-corrected chi connectivity index (χ2v) is 9.87. The molecule has 2 N–H and O–H groups in total. The summed E-state index contributed by atoms with van der Waals surface area (Å²) in [4.78, 5) is 25.6. The van der Waals surface area contributed by atoms with Gasteiger partial charge in [-0.3, -0.25) is 14.2 Å². The maximum Gasteiger partial charge on any atom is 0.286 e. The molecule has 1 aliphatic heterocycles. The van der Waals surface area contributed by atoms with Gasteiger partial charge in [-0.05, 0) is 48.8 Å². The molecular formula is C27H34N2O6. The molecule has 2 fully saturated rings. The van der Waals surface area contributed by atoms with Crippen LogP contribution >= 0.6 is 0 Å². The van der Waals surface area contributed by atoms with Crippen molar-refractivity contribution in [1.82, 2.24) is 9.88 Å². The van der Waals surface area contributed by atoms with Crippen molar-refractivity contribution in [2.24, 2.45) is 11.8 Å². The van der Waals surface area contributed by atoms with Gasteiger partial charge in [0, 0.05) is 36.9 Å². The molecule has 2 bridgehead atoms. The molecule has 0 spiro atoms. The maximum atomic E-state index is 13.3. The van der Waals surface area contributed by atoms with Crippen LogP contribution in [-0.4, -0.2) is 60.2 Å². The van der Waals surface area contributed by atoms with Crippen molar-refractivity contribution < 1.29 is 28.9 Å². The number of aliphatic hydroxyl groups is 1. The normalized spacial score (nSPS) is 27.6. The van der Waals surface area contributed by atoms with Gasteiger partial charge in [-0.1, -0.05) is 24.6 Å². The lowest BCUT2D eigenvalue weighted by Crippen LogP contribution is -2.41. The number of fused-ring (bicyclic) bond motifs is 3. The van der Waals surface area contributed by atoms with Crippen molar-refractivity contribution >= 4 is 22.7 Å². The number of carbonyl (C=O) groups is 2. The Balaban J connectivity index is 1.38. The second kappa shape index (κ2) is 10.5. The van der Waals surface area contributed by atoms with E-state index in [2.05, 4.69) is 5.32 Å². The highest BCUT2D eigenvalue weighted by atomic mass is 16.7. The molecule has 2 heterocycles. The summed E-state index contributed by atoms with van der Waals surface area (Å²) in [7, 11) is 0. The molecule has 35 heavy (non-hydrogen) atoms. The monoisotopic (exact) mass is 482 g/mol. The third-order valence-corrected chi connectivity index (χ3v) is 7.58. The highest BCUT2D eigenvalue weighted by molar-refractivity contribution is 5.95. The molecule has 1 amide bonds. The third kappa shape index (κ3) is 5.15. The SMILES string of the molecule is CC(=O)n1cc([C@@H]2C=C(C(=O)NC3CC4CCC3C4)O[C@H](OCCOCCO)C2)c2ccccc21. The van der Waals surface area contributed by atoms with Gasteiger partial charge in [0.05, 0.1) is 31.9 Å². The molecule has 188 valence electrons. The van der Waals surface area contributed by atoms with Gasteiger partial charge in [0.1, 0.15) is 0 Å². The number of rotatable bonds is 9. The lowest BCUT2D eigenvalue weighted by Gasteiger charge is -2.30. The first-order valence-corrected chi connectivity index (χ1v) is 12.6. The van der Waals surface area contributed by atoms with Gasteiger partial charge in [-0.2, -0.15) is 0 Å². The first kappa shape index (κ1) is 24.0. The number of carbonyl (C=O) groups excluding carboxylic acids is 2. The van der Waals surface area contributed by atoms with Crippen LogP contribution in [-0.2, 0) is 19.0 Å². The second-order valence-electron chi connectivity index (χ2n) is 9.87. The minimum absolute atomic E-state index is 0.0434. The Labute approximate surface area is 205 Å². The largest absolute Gasteiger partial charge is 0.459 e. The summed E-state index contributed by atoms with van der Waals surface area (Å²) in [6.45, 7) is 2.36. The van der Waals surface area contributed by atoms with E-state index in [1.807, 2.05) is 36.5 Å². The minimum atomic E-state index is -0.622. The molecule has 8 nitrogen and oxygen atoms in total. The Morgan fingerprint density at radius 3 is 2.74 bits per heavy atom. The van der Waals surface area contributed by atoms with E-state index in [9.17, 15) is 9.59 Å². The van der Waals surface area contributed by atoms with Crippen molar-refractivity contribution in [2.75, 3.05) is 26.4 Å². The number of hydrogen-bond acceptors (Lipinski definition) is 6. The molecule has 1 aromatic carbocycles. The van der Waals surface area contributed by atoms with Crippen molar-refractivity contribution in [3.8, 4) is 0 Å². The minimum Gasteiger partial charge on any atom is -0.459 e. The summed E-state index contributed by atoms with van der Waals surface area (Å²) in [5.41, 5.74) is 1.81. The Bertz CT molecular complexity index is 1110. The highest BCUT2D eigenvalue weighted by Gasteiger charge is 2.41. The average Bonchev–Trinajstić information content (AvgIpc) is 3.58. The van der Waals surface area contributed by atoms with Crippen LogP contribution in [0.5, 0.6) is 0 Å². The number of benzene rings is 1. The predicted octanol–water partition coefficient (Wildman–Crippen LogP) is 3.35. The number of nitrogens with zero attached hydrogens (tertiary/aromatic N) is 1. The zero-order chi connectivity index (χ0) is 24.4. The number of aliphatic hydroxyl groups excluding tert-OH is 1. The van der Waals surface area contributed by atoms with Crippen molar-refractivity contribution in [3.05, 3.63) is 47.9 Å². The van der Waals surface area contributed by atoms with Crippen molar-refractivity contribution in [3.63, 3.8) is 0 Å². The molecule has 0 radical (unpaired) electrons. The number of hydrogen-bond donors (Lipinski definition) is 2. The smallest absolute Gasteiger partial charge is 0.286 e. The molecule has 2 saturated carbocycles. The van der Waals surface area contributed by atoms with Crippen LogP contribution in [0.1, 0.15) is 55.3 Å². The van der Waals surface area contributed by atoms with Crippen LogP contribution in [0.4, 0.5) is 0 Å². The van der Waals surface area contributed by atoms with E-state index < -0.39 is 6.29 Å². The summed E-state index contributed by atoms with van der Waals surface area (Å²) < 4.78 is 18.9. The van der Waals surface area contributed by atoms with Gasteiger partial charge < -0.3 is 24.6 Å². The summed E-state index contributed by atoms with van der Waals surface area (Å²) in [6.07, 6.45) is 8.33. The topological polar surface area (TPSA) is 99.0 Å². The maximum absolute atomic E-state index is 13.3. The van der Waals surface area contributed by atoms with Gasteiger partial charge in [0.15, 0.2) is 5.76 Å². The van der Waals surface area contributed by atoms with Gasteiger partial charge in [-0.15, -0.1) is 0 Å². The quantitative estimate of drug-likeness (QED) is 0.532. The van der Waals surface area contributed by atoms with Crippen molar-refractivity contribution in [2.45, 2.75) is 57.3 Å². The van der Waals surface area contributed by atoms with E-state index in [4.69, 9.17) is 19.3 Å². The van der Waals surface area contributed by atoms with Crippen LogP contribution in [0.2, 0.25) is 0 Å². The molecule has 2 aliphatic carbocycles. The van der Waals surface area contributed by atoms with E-state index in [0.717, 1.165) is 28.8 Å². The first-order chi connectivity index (χ1) is 17.0. The molecule has 3 aliphatic rings. The van der Waals surface area contributed by atoms with Gasteiger partial charge in [0.2, 0.25) is 12.2 Å². The fraction of sp³-hybridized carbons (Fsp3) is 0.556. The standard InChI is InChI=1S/C27H34N2O6/c1-17(31)29-16-22(21-4-2-3-5-24(21)29)20-14-25(35-26(15-20)34-11-10-33-9-8-30)27(32)28-23-13-18-6-7-19(23)12-18/h2-5,14,16,18-20,23,26,30H,6-13,15H2,1H3,(H,28,32)/t18?,19?,20-,23?,26+/m1/s1. The number of nitrogens with one attached hydrogen (secondary N) is 1. The fourth-order valence-corrected chi connectivity index (χ4v) is 5.96. The molecule has 3 unspecified atom stereocenters. The predicted molar refractivity (Wildman–Crippen MR) is 130 cm³/mol. The number of aromatic nitrogens is 1. The number of allylic oxidation sites excluding steroid dienone is 1. The van der Waals surface area contributed by atoms with E-state index in [1.54, 1.807) is 11.5 Å². The molecule has 2 aromatic rings. The zero-order valence-electron chi connectivity index (χ0n) is 20.2. The number of amides is 1. The third-order valence-electron chi connectivity index (χ3n) is 7.58. The Hall–Kier alpha value is -2.68. The Morgan fingerprint density at radius 1 is 1.14 bits per heavy atom. The summed E-state index contributed by atoms with van der Waals surface area (Å²) in [5, 5.41) is 13.1. The zero-order valence-corrected chi connectivity index (χ0v) is 20.2. The molecule has 1 aromatic heterocycles. The summed E-state index contributed by atoms with van der Waals surface area (Å²) in [5.74, 6) is 1.14. The van der Waals surface area contributed by atoms with E-state index >= 15 is 0 Å². The fourth-order valence-electron chi connectivity index (χ4n) is 5.96. The van der Waals surface area contributed by atoms with Gasteiger partial charge in [-0.25, -0.2) is 0 Å². The lowest BCUT2D eigenvalue weighted by atomic mass is 9.92. The van der Waals surface area contributed by atoms with E-state index in [-0.39, 0.29) is 49.4 Å². The Kier molecular flexibility index (Phi) is 7.22. The molecule has 5 rings (SSSR count). The summed E-state index contributed by atoms with van der Waals surface area (Å²) in [6, 6.07) is 8.00. The molecular weight excluding hydrogens is 448 g/mol. The molecule has 5 atom stereocenters. The average molecular weight is 483 g/mol. The van der Waals surface area contributed by atoms with Gasteiger partial charge in [0.25, 0.3) is 5.91 Å². The van der Waals surface area contributed by atoms with Crippen LogP contribution in [0.25, 0.3) is 10.9 Å². The highest BCUT2D eigenvalue weighted by Crippen LogP contribution is 2.44. The summed E-state index contributed by atoms with van der Waals surface area (Å²) >= 11 is 0. The molecule has 0 saturated heterocycles. The van der Waals surface area contributed by atoms with Crippen LogP contribution in [0.15, 0.2) is 42.3 Å². The molecule has 8 heteroatoms. The van der Waals surface area contributed by atoms with E-state index in [0.29, 0.717) is 18.9 Å². The van der Waals surface area contributed by atoms with E-state index in [1.165, 1.54) is 19.3 Å². The van der Waals surface area contributed by atoms with Crippen LogP contribution in [0, 0.1) is 11.8 Å².